The summed E-state index contributed by atoms with van der Waals surface area (Å²) in [7, 11) is 0. The van der Waals surface area contributed by atoms with Crippen molar-refractivity contribution in [2.45, 2.75) is 39.7 Å². The minimum atomic E-state index is -0.446. The van der Waals surface area contributed by atoms with Crippen LogP contribution in [0.25, 0.3) is 0 Å². The molecule has 5 nitrogen and oxygen atoms in total. The van der Waals surface area contributed by atoms with Gasteiger partial charge in [-0.1, -0.05) is 39.3 Å². The molecule has 2 N–H and O–H groups in total. The fraction of sp³-hybridized carbons (Fsp3) is 0.579. The number of carbonyl (C=O) groups excluding carboxylic acids is 2. The van der Waals surface area contributed by atoms with Gasteiger partial charge in [0.2, 0.25) is 5.91 Å². The largest absolute Gasteiger partial charge is 0.338 e. The van der Waals surface area contributed by atoms with Gasteiger partial charge in [0.25, 0.3) is 5.91 Å². The summed E-state index contributed by atoms with van der Waals surface area (Å²) in [4.78, 5) is 28.6. The van der Waals surface area contributed by atoms with E-state index in [9.17, 15) is 9.59 Å². The molecule has 0 aromatic heterocycles. The Morgan fingerprint density at radius 3 is 2.04 bits per heavy atom. The molecule has 6 heteroatoms. The number of aryl methyl sites for hydroxylation is 1. The molecule has 1 fully saturated rings. The van der Waals surface area contributed by atoms with Crippen LogP contribution >= 0.6 is 12.4 Å². The van der Waals surface area contributed by atoms with Crippen molar-refractivity contribution in [3.05, 3.63) is 35.4 Å². The Bertz CT molecular complexity index is 569. The zero-order chi connectivity index (χ0) is 17.7. The Balaban J connectivity index is 0.00000312. The highest BCUT2D eigenvalue weighted by Crippen LogP contribution is 2.13. The van der Waals surface area contributed by atoms with E-state index in [-0.39, 0.29) is 30.1 Å². The lowest BCUT2D eigenvalue weighted by Gasteiger charge is -2.36. The maximum atomic E-state index is 12.6. The molecule has 2 atom stereocenters. The molecule has 1 aromatic rings. The third-order valence-electron chi connectivity index (χ3n) is 5.03. The first kappa shape index (κ1) is 21.5. The van der Waals surface area contributed by atoms with E-state index in [0.29, 0.717) is 31.7 Å². The van der Waals surface area contributed by atoms with Crippen LogP contribution in [0, 0.1) is 5.92 Å². The molecule has 1 aliphatic rings. The zero-order valence-corrected chi connectivity index (χ0v) is 16.2. The minimum Gasteiger partial charge on any atom is -0.338 e. The lowest BCUT2D eigenvalue weighted by atomic mass is 9.98. The highest BCUT2D eigenvalue weighted by molar-refractivity contribution is 5.94. The summed E-state index contributed by atoms with van der Waals surface area (Å²) >= 11 is 0. The topological polar surface area (TPSA) is 66.6 Å². The standard InChI is InChI=1S/C19H29N3O2.ClH/c1-4-14(3)17(20)19(24)22-12-10-21(11-13-22)18(23)16-8-6-15(5-2)7-9-16;/h6-9,14,17H,4-5,10-13,20H2,1-3H3;1H. The van der Waals surface area contributed by atoms with Gasteiger partial charge in [0.05, 0.1) is 6.04 Å². The van der Waals surface area contributed by atoms with Crippen molar-refractivity contribution in [1.29, 1.82) is 0 Å². The van der Waals surface area contributed by atoms with E-state index >= 15 is 0 Å². The summed E-state index contributed by atoms with van der Waals surface area (Å²) in [5.74, 6) is 0.217. The van der Waals surface area contributed by atoms with Gasteiger partial charge in [0.1, 0.15) is 0 Å². The number of halogens is 1. The monoisotopic (exact) mass is 367 g/mol. The van der Waals surface area contributed by atoms with E-state index in [4.69, 9.17) is 5.73 Å². The summed E-state index contributed by atoms with van der Waals surface area (Å²) in [5.41, 5.74) is 7.98. The van der Waals surface area contributed by atoms with Gasteiger partial charge in [-0.2, -0.15) is 0 Å². The molecule has 1 heterocycles. The van der Waals surface area contributed by atoms with E-state index in [2.05, 4.69) is 6.92 Å². The van der Waals surface area contributed by atoms with Gasteiger partial charge in [-0.3, -0.25) is 9.59 Å². The Morgan fingerprint density at radius 1 is 1.04 bits per heavy atom. The highest BCUT2D eigenvalue weighted by Gasteiger charge is 2.29. The van der Waals surface area contributed by atoms with Crippen molar-refractivity contribution < 1.29 is 9.59 Å². The number of hydrogen-bond donors (Lipinski definition) is 1. The smallest absolute Gasteiger partial charge is 0.253 e. The van der Waals surface area contributed by atoms with Gasteiger partial charge in [-0.25, -0.2) is 0 Å². The van der Waals surface area contributed by atoms with Crippen LogP contribution in [0.1, 0.15) is 43.1 Å². The zero-order valence-electron chi connectivity index (χ0n) is 15.4. The van der Waals surface area contributed by atoms with Crippen LogP contribution in [0.4, 0.5) is 0 Å². The second kappa shape index (κ2) is 9.78. The van der Waals surface area contributed by atoms with Gasteiger partial charge in [-0.15, -0.1) is 12.4 Å². The third-order valence-corrected chi connectivity index (χ3v) is 5.03. The molecule has 1 aliphatic heterocycles. The SMILES string of the molecule is CCc1ccc(C(=O)N2CCN(C(=O)C(N)C(C)CC)CC2)cc1.Cl. The molecule has 0 spiro atoms. The molecule has 140 valence electrons. The number of carbonyl (C=O) groups is 2. The van der Waals surface area contributed by atoms with Crippen molar-refractivity contribution in [2.75, 3.05) is 26.2 Å². The average molecular weight is 368 g/mol. The molecule has 0 saturated carbocycles. The number of nitrogens with zero attached hydrogens (tertiary/aromatic N) is 2. The van der Waals surface area contributed by atoms with Gasteiger partial charge in [-0.05, 0) is 30.0 Å². The lowest BCUT2D eigenvalue weighted by molar-refractivity contribution is -0.135. The first-order valence-corrected chi connectivity index (χ1v) is 8.90. The van der Waals surface area contributed by atoms with Gasteiger partial charge >= 0.3 is 0 Å². The molecule has 0 radical (unpaired) electrons. The van der Waals surface area contributed by atoms with Gasteiger partial charge in [0, 0.05) is 31.7 Å². The normalized spacial score (nSPS) is 16.8. The highest BCUT2D eigenvalue weighted by atomic mass is 35.5. The second-order valence-electron chi connectivity index (χ2n) is 6.58. The Hall–Kier alpha value is -1.59. The van der Waals surface area contributed by atoms with Gasteiger partial charge in [0.15, 0.2) is 0 Å². The van der Waals surface area contributed by atoms with Crippen LogP contribution < -0.4 is 5.73 Å². The quantitative estimate of drug-likeness (QED) is 0.868. The van der Waals surface area contributed by atoms with Crippen LogP contribution in [-0.4, -0.2) is 53.8 Å². The molecule has 25 heavy (non-hydrogen) atoms. The fourth-order valence-corrected chi connectivity index (χ4v) is 2.90. The summed E-state index contributed by atoms with van der Waals surface area (Å²) < 4.78 is 0. The predicted octanol–water partition coefficient (Wildman–Crippen LogP) is 2.33. The first-order valence-electron chi connectivity index (χ1n) is 8.90. The van der Waals surface area contributed by atoms with Crippen LogP contribution in [0.5, 0.6) is 0 Å². The maximum absolute atomic E-state index is 12.6. The minimum absolute atomic E-state index is 0. The average Bonchev–Trinajstić information content (AvgIpc) is 2.65. The lowest BCUT2D eigenvalue weighted by Crippen LogP contribution is -2.55. The Kier molecular flexibility index (Phi) is 8.39. The van der Waals surface area contributed by atoms with Crippen LogP contribution in [0.3, 0.4) is 0 Å². The predicted molar refractivity (Wildman–Crippen MR) is 103 cm³/mol. The number of benzene rings is 1. The summed E-state index contributed by atoms with van der Waals surface area (Å²) in [6, 6.07) is 7.32. The number of piperazine rings is 1. The van der Waals surface area contributed by atoms with Gasteiger partial charge < -0.3 is 15.5 Å². The van der Waals surface area contributed by atoms with E-state index in [0.717, 1.165) is 12.8 Å². The summed E-state index contributed by atoms with van der Waals surface area (Å²) in [6.07, 6.45) is 1.85. The van der Waals surface area contributed by atoms with E-state index in [1.54, 1.807) is 4.90 Å². The number of nitrogens with two attached hydrogens (primary N) is 1. The van der Waals surface area contributed by atoms with Crippen molar-refractivity contribution in [2.24, 2.45) is 11.7 Å². The van der Waals surface area contributed by atoms with Crippen LogP contribution in [0.2, 0.25) is 0 Å². The molecule has 0 bridgehead atoms. The molecule has 0 aliphatic carbocycles. The Morgan fingerprint density at radius 2 is 1.56 bits per heavy atom. The molecular formula is C19H30ClN3O2. The molecule has 2 unspecified atom stereocenters. The van der Waals surface area contributed by atoms with E-state index in [1.165, 1.54) is 5.56 Å². The van der Waals surface area contributed by atoms with Crippen molar-refractivity contribution in [1.82, 2.24) is 9.80 Å². The summed E-state index contributed by atoms with van der Waals surface area (Å²) in [6.45, 7) is 8.38. The summed E-state index contributed by atoms with van der Waals surface area (Å²) in [5, 5.41) is 0. The van der Waals surface area contributed by atoms with Crippen molar-refractivity contribution in [3.8, 4) is 0 Å². The number of hydrogen-bond acceptors (Lipinski definition) is 3. The van der Waals surface area contributed by atoms with E-state index in [1.807, 2.05) is 43.0 Å². The number of amides is 2. The molecule has 2 rings (SSSR count). The van der Waals surface area contributed by atoms with E-state index < -0.39 is 6.04 Å². The molecule has 1 aromatic carbocycles. The molecule has 2 amide bonds. The molecule has 1 saturated heterocycles. The maximum Gasteiger partial charge on any atom is 0.253 e. The second-order valence-corrected chi connectivity index (χ2v) is 6.58. The van der Waals surface area contributed by atoms with Crippen LogP contribution in [-0.2, 0) is 11.2 Å². The molecular weight excluding hydrogens is 338 g/mol. The van der Waals surface area contributed by atoms with Crippen molar-refractivity contribution in [3.63, 3.8) is 0 Å². The van der Waals surface area contributed by atoms with Crippen LogP contribution in [0.15, 0.2) is 24.3 Å². The third kappa shape index (κ3) is 5.19. The first-order chi connectivity index (χ1) is 11.5. The Labute approximate surface area is 157 Å². The van der Waals surface area contributed by atoms with Crippen molar-refractivity contribution >= 4 is 24.2 Å². The number of rotatable bonds is 5. The fourth-order valence-electron chi connectivity index (χ4n) is 2.90.